The van der Waals surface area contributed by atoms with Gasteiger partial charge in [0.2, 0.25) is 0 Å². The van der Waals surface area contributed by atoms with E-state index in [0.717, 1.165) is 24.5 Å². The molecule has 0 unspecified atom stereocenters. The van der Waals surface area contributed by atoms with Gasteiger partial charge in [-0.05, 0) is 17.7 Å². The van der Waals surface area contributed by atoms with Crippen molar-refractivity contribution in [3.05, 3.63) is 36.0 Å². The van der Waals surface area contributed by atoms with Crippen LogP contribution in [0, 0.1) is 0 Å². The molecule has 0 aliphatic carbocycles. The summed E-state index contributed by atoms with van der Waals surface area (Å²) < 4.78 is 0. The van der Waals surface area contributed by atoms with Gasteiger partial charge in [-0.15, -0.1) is 0 Å². The standard InChI is InChI=1S/C10H13N3/c11-8-9-3-4-12-10(7-9)13-5-1-2-6-13/h1-4,7H,5-6,8,11H2. The molecule has 1 aromatic rings. The van der Waals surface area contributed by atoms with E-state index in [2.05, 4.69) is 22.0 Å². The van der Waals surface area contributed by atoms with Gasteiger partial charge >= 0.3 is 0 Å². The summed E-state index contributed by atoms with van der Waals surface area (Å²) in [6, 6.07) is 4.00. The van der Waals surface area contributed by atoms with Crippen LogP contribution in [-0.2, 0) is 6.54 Å². The van der Waals surface area contributed by atoms with Gasteiger partial charge in [-0.25, -0.2) is 4.98 Å². The summed E-state index contributed by atoms with van der Waals surface area (Å²) in [5.41, 5.74) is 6.69. The lowest BCUT2D eigenvalue weighted by Crippen LogP contribution is -2.19. The first kappa shape index (κ1) is 8.26. The fraction of sp³-hybridized carbons (Fsp3) is 0.300. The topological polar surface area (TPSA) is 42.1 Å². The number of rotatable bonds is 2. The molecule has 0 saturated carbocycles. The second-order valence-electron chi connectivity index (χ2n) is 3.10. The van der Waals surface area contributed by atoms with Crippen molar-refractivity contribution < 1.29 is 0 Å². The van der Waals surface area contributed by atoms with Gasteiger partial charge in [-0.1, -0.05) is 12.2 Å². The van der Waals surface area contributed by atoms with E-state index < -0.39 is 0 Å². The molecule has 1 aliphatic heterocycles. The SMILES string of the molecule is NCc1ccnc(N2CC=CC2)c1. The molecule has 0 saturated heterocycles. The molecule has 0 radical (unpaired) electrons. The summed E-state index contributed by atoms with van der Waals surface area (Å²) in [5.74, 6) is 1.02. The molecule has 1 aromatic heterocycles. The Kier molecular flexibility index (Phi) is 2.27. The Bertz CT molecular complexity index is 312. The second kappa shape index (κ2) is 3.58. The highest BCUT2D eigenvalue weighted by molar-refractivity contribution is 5.44. The van der Waals surface area contributed by atoms with Crippen LogP contribution in [0.1, 0.15) is 5.56 Å². The molecule has 2 heterocycles. The molecule has 68 valence electrons. The van der Waals surface area contributed by atoms with Crippen molar-refractivity contribution in [3.63, 3.8) is 0 Å². The first-order chi connectivity index (χ1) is 6.40. The van der Waals surface area contributed by atoms with E-state index in [4.69, 9.17) is 5.73 Å². The van der Waals surface area contributed by atoms with Crippen LogP contribution in [0.3, 0.4) is 0 Å². The molecular weight excluding hydrogens is 162 g/mol. The predicted molar refractivity (Wildman–Crippen MR) is 53.5 cm³/mol. The van der Waals surface area contributed by atoms with Gasteiger partial charge in [0.1, 0.15) is 5.82 Å². The van der Waals surface area contributed by atoms with Gasteiger partial charge in [-0.3, -0.25) is 0 Å². The molecule has 13 heavy (non-hydrogen) atoms. The molecule has 0 spiro atoms. The Balaban J connectivity index is 2.19. The van der Waals surface area contributed by atoms with Crippen molar-refractivity contribution in [1.82, 2.24) is 4.98 Å². The van der Waals surface area contributed by atoms with Crippen LogP contribution in [0.5, 0.6) is 0 Å². The maximum atomic E-state index is 5.56. The quantitative estimate of drug-likeness (QED) is 0.679. The first-order valence-corrected chi connectivity index (χ1v) is 4.45. The second-order valence-corrected chi connectivity index (χ2v) is 3.10. The Labute approximate surface area is 77.9 Å². The fourth-order valence-corrected chi connectivity index (χ4v) is 1.43. The highest BCUT2D eigenvalue weighted by Crippen LogP contribution is 2.14. The average molecular weight is 175 g/mol. The van der Waals surface area contributed by atoms with Crippen LogP contribution in [0.2, 0.25) is 0 Å². The molecule has 2 N–H and O–H groups in total. The number of pyridine rings is 1. The van der Waals surface area contributed by atoms with E-state index in [9.17, 15) is 0 Å². The predicted octanol–water partition coefficient (Wildman–Crippen LogP) is 0.917. The summed E-state index contributed by atoms with van der Waals surface area (Å²) in [7, 11) is 0. The number of nitrogens with two attached hydrogens (primary N) is 1. The molecule has 2 rings (SSSR count). The molecule has 0 atom stereocenters. The summed E-state index contributed by atoms with van der Waals surface area (Å²) in [4.78, 5) is 6.51. The van der Waals surface area contributed by atoms with Crippen molar-refractivity contribution >= 4 is 5.82 Å². The van der Waals surface area contributed by atoms with Crippen molar-refractivity contribution in [1.29, 1.82) is 0 Å². The van der Waals surface area contributed by atoms with E-state index >= 15 is 0 Å². The van der Waals surface area contributed by atoms with Gasteiger partial charge in [0.05, 0.1) is 0 Å². The van der Waals surface area contributed by atoms with E-state index in [1.54, 1.807) is 0 Å². The maximum absolute atomic E-state index is 5.56. The van der Waals surface area contributed by atoms with Crippen LogP contribution in [0.15, 0.2) is 30.5 Å². The smallest absolute Gasteiger partial charge is 0.129 e. The third-order valence-corrected chi connectivity index (χ3v) is 2.19. The molecule has 0 aromatic carbocycles. The van der Waals surface area contributed by atoms with Crippen LogP contribution in [0.25, 0.3) is 0 Å². The monoisotopic (exact) mass is 175 g/mol. The third-order valence-electron chi connectivity index (χ3n) is 2.19. The summed E-state index contributed by atoms with van der Waals surface area (Å²) in [6.45, 7) is 2.50. The van der Waals surface area contributed by atoms with Crippen LogP contribution in [-0.4, -0.2) is 18.1 Å². The zero-order valence-electron chi connectivity index (χ0n) is 7.48. The zero-order chi connectivity index (χ0) is 9.10. The largest absolute Gasteiger partial charge is 0.349 e. The number of nitrogens with zero attached hydrogens (tertiary/aromatic N) is 2. The maximum Gasteiger partial charge on any atom is 0.129 e. The normalized spacial score (nSPS) is 15.3. The van der Waals surface area contributed by atoms with Gasteiger partial charge < -0.3 is 10.6 Å². The van der Waals surface area contributed by atoms with Crippen LogP contribution in [0.4, 0.5) is 5.82 Å². The summed E-state index contributed by atoms with van der Waals surface area (Å²) in [6.07, 6.45) is 6.11. The van der Waals surface area contributed by atoms with Crippen molar-refractivity contribution in [2.45, 2.75) is 6.54 Å². The number of hydrogen-bond acceptors (Lipinski definition) is 3. The highest BCUT2D eigenvalue weighted by Gasteiger charge is 2.08. The molecule has 0 amide bonds. The number of aromatic nitrogens is 1. The zero-order valence-corrected chi connectivity index (χ0v) is 7.48. The van der Waals surface area contributed by atoms with Gasteiger partial charge in [0, 0.05) is 25.8 Å². The van der Waals surface area contributed by atoms with Crippen LogP contribution >= 0.6 is 0 Å². The van der Waals surface area contributed by atoms with E-state index in [1.807, 2.05) is 18.3 Å². The first-order valence-electron chi connectivity index (χ1n) is 4.45. The Morgan fingerprint density at radius 3 is 2.85 bits per heavy atom. The van der Waals surface area contributed by atoms with Gasteiger partial charge in [0.25, 0.3) is 0 Å². The lowest BCUT2D eigenvalue weighted by Gasteiger charge is -2.16. The molecular formula is C10H13N3. The molecule has 0 fully saturated rings. The highest BCUT2D eigenvalue weighted by atomic mass is 15.2. The molecule has 0 bridgehead atoms. The van der Waals surface area contributed by atoms with E-state index in [-0.39, 0.29) is 0 Å². The molecule has 3 heteroatoms. The molecule has 1 aliphatic rings. The summed E-state index contributed by atoms with van der Waals surface area (Å²) >= 11 is 0. The minimum atomic E-state index is 0.580. The van der Waals surface area contributed by atoms with Crippen molar-refractivity contribution in [2.24, 2.45) is 5.73 Å². The summed E-state index contributed by atoms with van der Waals surface area (Å²) in [5, 5.41) is 0. The Hall–Kier alpha value is -1.35. The van der Waals surface area contributed by atoms with Crippen molar-refractivity contribution in [2.75, 3.05) is 18.0 Å². The minimum Gasteiger partial charge on any atom is -0.349 e. The van der Waals surface area contributed by atoms with Gasteiger partial charge in [0.15, 0.2) is 0 Å². The van der Waals surface area contributed by atoms with E-state index in [0.29, 0.717) is 6.54 Å². The lowest BCUT2D eigenvalue weighted by atomic mass is 10.2. The lowest BCUT2D eigenvalue weighted by molar-refractivity contribution is 0.955. The van der Waals surface area contributed by atoms with Crippen LogP contribution < -0.4 is 10.6 Å². The van der Waals surface area contributed by atoms with Crippen molar-refractivity contribution in [3.8, 4) is 0 Å². The third kappa shape index (κ3) is 1.70. The van der Waals surface area contributed by atoms with Gasteiger partial charge in [-0.2, -0.15) is 0 Å². The number of hydrogen-bond donors (Lipinski definition) is 1. The number of anilines is 1. The minimum absolute atomic E-state index is 0.580. The molecule has 3 nitrogen and oxygen atoms in total. The average Bonchev–Trinajstić information content (AvgIpc) is 2.71. The Morgan fingerprint density at radius 2 is 2.15 bits per heavy atom. The van der Waals surface area contributed by atoms with E-state index in [1.165, 1.54) is 0 Å². The fourth-order valence-electron chi connectivity index (χ4n) is 1.43. The Morgan fingerprint density at radius 1 is 1.38 bits per heavy atom.